The summed E-state index contributed by atoms with van der Waals surface area (Å²) in [6.45, 7) is 4.75. The van der Waals surface area contributed by atoms with Gasteiger partial charge >= 0.3 is 0 Å². The van der Waals surface area contributed by atoms with Crippen molar-refractivity contribution in [3.63, 3.8) is 0 Å². The van der Waals surface area contributed by atoms with Crippen LogP contribution in [0, 0.1) is 0 Å². The van der Waals surface area contributed by atoms with Crippen LogP contribution in [0.3, 0.4) is 0 Å². The first kappa shape index (κ1) is 17.3. The van der Waals surface area contributed by atoms with E-state index < -0.39 is 15.9 Å². The summed E-state index contributed by atoms with van der Waals surface area (Å²) in [5.74, 6) is 1.05. The van der Waals surface area contributed by atoms with Crippen LogP contribution in [0.1, 0.15) is 25.5 Å². The summed E-state index contributed by atoms with van der Waals surface area (Å²) in [5.41, 5.74) is 6.65. The van der Waals surface area contributed by atoms with Gasteiger partial charge in [-0.1, -0.05) is 15.9 Å². The number of ether oxygens (including phenoxy) is 2. The quantitative estimate of drug-likeness (QED) is 0.801. The summed E-state index contributed by atoms with van der Waals surface area (Å²) < 4.78 is 34.4. The van der Waals surface area contributed by atoms with Crippen molar-refractivity contribution in [2.45, 2.75) is 19.9 Å². The SMILES string of the molecule is CCOc1cc(Br)c(C(N)CS(C)(=O)=O)cc1OCC. The summed E-state index contributed by atoms with van der Waals surface area (Å²) in [7, 11) is -3.15. The van der Waals surface area contributed by atoms with Crippen molar-refractivity contribution in [2.24, 2.45) is 5.73 Å². The molecule has 20 heavy (non-hydrogen) atoms. The summed E-state index contributed by atoms with van der Waals surface area (Å²) in [6, 6.07) is 2.87. The Bertz CT molecular complexity index is 560. The van der Waals surface area contributed by atoms with Gasteiger partial charge in [0, 0.05) is 16.8 Å². The third-order valence-electron chi connectivity index (χ3n) is 2.54. The molecule has 7 heteroatoms. The predicted molar refractivity (Wildman–Crippen MR) is 83.1 cm³/mol. The Morgan fingerprint density at radius 2 is 1.70 bits per heavy atom. The standard InChI is InChI=1S/C13H20BrNO4S/c1-4-18-12-6-9(11(15)8-20(3,16)17)10(14)7-13(12)19-5-2/h6-7,11H,4-5,8,15H2,1-3H3. The van der Waals surface area contributed by atoms with Crippen LogP contribution >= 0.6 is 15.9 Å². The van der Waals surface area contributed by atoms with E-state index >= 15 is 0 Å². The van der Waals surface area contributed by atoms with E-state index in [9.17, 15) is 8.42 Å². The Morgan fingerprint density at radius 1 is 1.20 bits per heavy atom. The lowest BCUT2D eigenvalue weighted by atomic mass is 10.1. The molecule has 0 spiro atoms. The second-order valence-electron chi connectivity index (χ2n) is 4.39. The third kappa shape index (κ3) is 4.96. The van der Waals surface area contributed by atoms with Gasteiger partial charge in [-0.15, -0.1) is 0 Å². The smallest absolute Gasteiger partial charge is 0.162 e. The number of rotatable bonds is 7. The first-order chi connectivity index (χ1) is 9.28. The average molecular weight is 366 g/mol. The average Bonchev–Trinajstić information content (AvgIpc) is 2.30. The van der Waals surface area contributed by atoms with Gasteiger partial charge in [0.1, 0.15) is 9.84 Å². The van der Waals surface area contributed by atoms with Gasteiger partial charge in [-0.25, -0.2) is 8.42 Å². The second kappa shape index (κ2) is 7.28. The zero-order valence-electron chi connectivity index (χ0n) is 11.8. The lowest BCUT2D eigenvalue weighted by molar-refractivity contribution is 0.287. The van der Waals surface area contributed by atoms with Crippen molar-refractivity contribution in [2.75, 3.05) is 25.2 Å². The maximum absolute atomic E-state index is 11.4. The highest BCUT2D eigenvalue weighted by Crippen LogP contribution is 2.36. The van der Waals surface area contributed by atoms with Crippen molar-refractivity contribution < 1.29 is 17.9 Å². The fraction of sp³-hybridized carbons (Fsp3) is 0.538. The molecule has 0 aromatic heterocycles. The molecule has 0 saturated heterocycles. The minimum atomic E-state index is -3.15. The summed E-state index contributed by atoms with van der Waals surface area (Å²) >= 11 is 3.40. The van der Waals surface area contributed by atoms with E-state index in [4.69, 9.17) is 15.2 Å². The molecule has 1 unspecified atom stereocenters. The Labute approximate surface area is 128 Å². The predicted octanol–water partition coefficient (Wildman–Crippen LogP) is 2.29. The molecule has 0 bridgehead atoms. The molecule has 0 saturated carbocycles. The highest BCUT2D eigenvalue weighted by molar-refractivity contribution is 9.10. The van der Waals surface area contributed by atoms with Gasteiger partial charge in [0.05, 0.1) is 19.0 Å². The van der Waals surface area contributed by atoms with Crippen LogP contribution in [0.2, 0.25) is 0 Å². The highest BCUT2D eigenvalue weighted by atomic mass is 79.9. The maximum Gasteiger partial charge on any atom is 0.162 e. The Hall–Kier alpha value is -0.790. The van der Waals surface area contributed by atoms with Crippen molar-refractivity contribution in [3.05, 3.63) is 22.2 Å². The first-order valence-corrected chi connectivity index (χ1v) is 9.16. The van der Waals surface area contributed by atoms with Crippen molar-refractivity contribution in [1.82, 2.24) is 0 Å². The molecule has 0 amide bonds. The van der Waals surface area contributed by atoms with Gasteiger partial charge in [0.2, 0.25) is 0 Å². The number of benzene rings is 1. The molecule has 114 valence electrons. The van der Waals surface area contributed by atoms with E-state index in [2.05, 4.69) is 15.9 Å². The molecular formula is C13H20BrNO4S. The van der Waals surface area contributed by atoms with E-state index in [1.54, 1.807) is 12.1 Å². The van der Waals surface area contributed by atoms with Gasteiger partial charge in [-0.2, -0.15) is 0 Å². The minimum absolute atomic E-state index is 0.120. The molecule has 1 aromatic carbocycles. The number of sulfone groups is 1. The van der Waals surface area contributed by atoms with E-state index in [0.29, 0.717) is 34.7 Å². The molecule has 1 atom stereocenters. The third-order valence-corrected chi connectivity index (χ3v) is 4.20. The molecule has 1 rings (SSSR count). The molecule has 0 radical (unpaired) electrons. The monoisotopic (exact) mass is 365 g/mol. The Balaban J connectivity index is 3.17. The fourth-order valence-corrected chi connectivity index (χ4v) is 3.24. The number of nitrogens with two attached hydrogens (primary N) is 1. The maximum atomic E-state index is 11.4. The van der Waals surface area contributed by atoms with Gasteiger partial charge in [-0.05, 0) is 31.5 Å². The van der Waals surface area contributed by atoms with Crippen molar-refractivity contribution >= 4 is 25.8 Å². The van der Waals surface area contributed by atoms with Crippen LogP contribution in [0.4, 0.5) is 0 Å². The van der Waals surface area contributed by atoms with Crippen LogP contribution < -0.4 is 15.2 Å². The van der Waals surface area contributed by atoms with Crippen molar-refractivity contribution in [3.8, 4) is 11.5 Å². The van der Waals surface area contributed by atoms with Gasteiger partial charge in [-0.3, -0.25) is 0 Å². The minimum Gasteiger partial charge on any atom is -0.490 e. The number of hydrogen-bond acceptors (Lipinski definition) is 5. The van der Waals surface area contributed by atoms with E-state index in [1.165, 1.54) is 6.26 Å². The second-order valence-corrected chi connectivity index (χ2v) is 7.42. The van der Waals surface area contributed by atoms with E-state index in [-0.39, 0.29) is 5.75 Å². The molecule has 0 aliphatic rings. The van der Waals surface area contributed by atoms with Crippen LogP contribution in [0.15, 0.2) is 16.6 Å². The van der Waals surface area contributed by atoms with Crippen LogP contribution in [-0.2, 0) is 9.84 Å². The topological polar surface area (TPSA) is 78.6 Å². The molecule has 0 aliphatic heterocycles. The summed E-state index contributed by atoms with van der Waals surface area (Å²) in [6.07, 6.45) is 1.17. The van der Waals surface area contributed by atoms with Crippen LogP contribution in [0.25, 0.3) is 0 Å². The Kier molecular flexibility index (Phi) is 6.29. The van der Waals surface area contributed by atoms with Gasteiger partial charge in [0.25, 0.3) is 0 Å². The largest absolute Gasteiger partial charge is 0.490 e. The normalized spacial score (nSPS) is 13.1. The fourth-order valence-electron chi connectivity index (χ4n) is 1.79. The Morgan fingerprint density at radius 3 is 2.15 bits per heavy atom. The summed E-state index contributed by atoms with van der Waals surface area (Å²) in [5, 5.41) is 0. The van der Waals surface area contributed by atoms with Crippen molar-refractivity contribution in [1.29, 1.82) is 0 Å². The zero-order valence-corrected chi connectivity index (χ0v) is 14.3. The molecular weight excluding hydrogens is 346 g/mol. The molecule has 0 fully saturated rings. The molecule has 0 aliphatic carbocycles. The highest BCUT2D eigenvalue weighted by Gasteiger charge is 2.19. The van der Waals surface area contributed by atoms with Gasteiger partial charge < -0.3 is 15.2 Å². The summed E-state index contributed by atoms with van der Waals surface area (Å²) in [4.78, 5) is 0. The zero-order chi connectivity index (χ0) is 15.3. The van der Waals surface area contributed by atoms with Gasteiger partial charge in [0.15, 0.2) is 11.5 Å². The lowest BCUT2D eigenvalue weighted by Crippen LogP contribution is -2.21. The number of halogens is 1. The molecule has 0 heterocycles. The lowest BCUT2D eigenvalue weighted by Gasteiger charge is -2.17. The molecule has 5 nitrogen and oxygen atoms in total. The first-order valence-electron chi connectivity index (χ1n) is 6.30. The van der Waals surface area contributed by atoms with E-state index in [0.717, 1.165) is 0 Å². The molecule has 1 aromatic rings. The van der Waals surface area contributed by atoms with Crippen LogP contribution in [0.5, 0.6) is 11.5 Å². The van der Waals surface area contributed by atoms with Crippen LogP contribution in [-0.4, -0.2) is 33.6 Å². The molecule has 2 N–H and O–H groups in total. The number of hydrogen-bond donors (Lipinski definition) is 1. The van der Waals surface area contributed by atoms with E-state index in [1.807, 2.05) is 13.8 Å².